The summed E-state index contributed by atoms with van der Waals surface area (Å²) in [5.41, 5.74) is 0. The van der Waals surface area contributed by atoms with Crippen molar-refractivity contribution in [2.75, 3.05) is 26.4 Å². The third-order valence-electron chi connectivity index (χ3n) is 23.9. The largest absolute Gasteiger partial charge is 0.394 e. The Hall–Kier alpha value is -1.99. The molecule has 17 unspecified atom stereocenters. The van der Waals surface area contributed by atoms with E-state index in [0.29, 0.717) is 12.8 Å². The number of carbonyl (C=O) groups is 1. The molecule has 3 aliphatic heterocycles. The van der Waals surface area contributed by atoms with Gasteiger partial charge in [-0.2, -0.15) is 0 Å². The zero-order valence-corrected chi connectivity index (χ0v) is 72.1. The minimum absolute atomic E-state index is 0.237. The standard InChI is InChI=1S/C94H177NO18/c1-3-5-7-9-11-13-15-17-19-21-23-25-27-29-31-33-35-37-38-40-42-44-46-48-50-52-54-56-58-60-62-64-66-68-70-72-82(100)95-77(78(99)71-69-67-65-63-61-59-57-55-53-51-49-47-45-43-41-39-36-34-32-30-28-26-24-22-20-18-16-14-12-10-8-6-4-2)76-108-92-88(106)85(103)90(80(74-97)110-92)113-94-89(107)86(104)91(81(75-98)111-94)112-93-87(105)84(102)83(101)79(73-96)109-93/h53,55,61,63,69,71,77-81,83-94,96-99,101-107H,3-52,54,56-60,62,64-68,70,72-76H2,1-2H3,(H,95,100)/b55-53+,63-61+,71-69+. The van der Waals surface area contributed by atoms with Crippen LogP contribution in [-0.4, -0.2) is 193 Å². The van der Waals surface area contributed by atoms with Crippen LogP contribution in [0.1, 0.15) is 425 Å². The van der Waals surface area contributed by atoms with Crippen LogP contribution in [0.15, 0.2) is 36.5 Å². The summed E-state index contributed by atoms with van der Waals surface area (Å²) in [6.45, 7) is 1.79. The Labute approximate surface area is 689 Å². The molecule has 666 valence electrons. The van der Waals surface area contributed by atoms with Gasteiger partial charge in [-0.25, -0.2) is 0 Å². The average molecular weight is 1610 g/mol. The number of allylic oxidation sites excluding steroid dienone is 5. The molecule has 3 heterocycles. The van der Waals surface area contributed by atoms with Gasteiger partial charge in [0.15, 0.2) is 18.9 Å². The van der Waals surface area contributed by atoms with Gasteiger partial charge in [0.05, 0.1) is 38.6 Å². The van der Waals surface area contributed by atoms with Crippen molar-refractivity contribution in [3.8, 4) is 0 Å². The first-order chi connectivity index (χ1) is 55.3. The van der Waals surface area contributed by atoms with Crippen LogP contribution in [0, 0.1) is 0 Å². The smallest absolute Gasteiger partial charge is 0.220 e. The summed E-state index contributed by atoms with van der Waals surface area (Å²) in [4.78, 5) is 13.5. The first-order valence-corrected chi connectivity index (χ1v) is 47.7. The van der Waals surface area contributed by atoms with Crippen molar-refractivity contribution in [3.05, 3.63) is 36.5 Å². The van der Waals surface area contributed by atoms with E-state index in [0.717, 1.165) is 44.9 Å². The van der Waals surface area contributed by atoms with Crippen molar-refractivity contribution >= 4 is 5.91 Å². The van der Waals surface area contributed by atoms with Crippen LogP contribution in [0.4, 0.5) is 0 Å². The summed E-state index contributed by atoms with van der Waals surface area (Å²) in [5, 5.41) is 121. The number of aliphatic hydroxyl groups excluding tert-OH is 11. The highest BCUT2D eigenvalue weighted by Crippen LogP contribution is 2.34. The summed E-state index contributed by atoms with van der Waals surface area (Å²) in [5.74, 6) is -0.280. The van der Waals surface area contributed by atoms with E-state index in [1.54, 1.807) is 6.08 Å². The molecule has 0 radical (unpaired) electrons. The molecular weight excluding hydrogens is 1430 g/mol. The maximum atomic E-state index is 13.5. The number of rotatable bonds is 79. The molecule has 3 fully saturated rings. The van der Waals surface area contributed by atoms with Gasteiger partial charge in [0.25, 0.3) is 0 Å². The lowest BCUT2D eigenvalue weighted by molar-refractivity contribution is -0.379. The van der Waals surface area contributed by atoms with Gasteiger partial charge in [-0.3, -0.25) is 4.79 Å². The molecular formula is C94H177NO18. The minimum atomic E-state index is -1.98. The molecule has 12 N–H and O–H groups in total. The predicted octanol–water partition coefficient (Wildman–Crippen LogP) is 19.0. The summed E-state index contributed by atoms with van der Waals surface area (Å²) in [7, 11) is 0. The van der Waals surface area contributed by atoms with Gasteiger partial charge >= 0.3 is 0 Å². The number of nitrogens with one attached hydrogen (secondary N) is 1. The molecule has 0 bridgehead atoms. The molecule has 0 saturated carbocycles. The second-order valence-corrected chi connectivity index (χ2v) is 34.2. The number of amides is 1. The number of hydrogen-bond acceptors (Lipinski definition) is 18. The monoisotopic (exact) mass is 1610 g/mol. The van der Waals surface area contributed by atoms with Crippen LogP contribution in [-0.2, 0) is 33.2 Å². The maximum absolute atomic E-state index is 13.5. The van der Waals surface area contributed by atoms with Gasteiger partial charge < -0.3 is 89.9 Å². The van der Waals surface area contributed by atoms with E-state index in [1.165, 1.54) is 347 Å². The Kier molecular flexibility index (Phi) is 68.8. The van der Waals surface area contributed by atoms with Crippen molar-refractivity contribution in [1.82, 2.24) is 5.32 Å². The SMILES string of the molecule is CCCCCCCCCCCCCCCCCCCCCCCCC/C=C/CC/C=C/CC/C=C/C(O)C(COC1OC(CO)C(OC2OC(CO)C(OC3OC(CO)C(O)C(O)C3O)C(O)C2O)C(O)C1O)NC(=O)CCCCCCCCCCCCCCCCCCCCCCCCCCCCCCCCCCCCC. The van der Waals surface area contributed by atoms with Gasteiger partial charge in [0.1, 0.15) is 73.2 Å². The Bertz CT molecular complexity index is 2170. The second-order valence-electron chi connectivity index (χ2n) is 34.2. The maximum Gasteiger partial charge on any atom is 0.220 e. The molecule has 19 nitrogen and oxygen atoms in total. The predicted molar refractivity (Wildman–Crippen MR) is 457 cm³/mol. The van der Waals surface area contributed by atoms with Crippen LogP contribution in [0.25, 0.3) is 0 Å². The molecule has 0 spiro atoms. The number of aliphatic hydroxyl groups is 11. The molecule has 0 aromatic rings. The van der Waals surface area contributed by atoms with Crippen molar-refractivity contribution in [1.29, 1.82) is 0 Å². The van der Waals surface area contributed by atoms with E-state index in [4.69, 9.17) is 28.4 Å². The Morgan fingerprint density at radius 1 is 0.310 bits per heavy atom. The molecule has 0 aliphatic carbocycles. The molecule has 3 aliphatic rings. The molecule has 0 aromatic carbocycles. The van der Waals surface area contributed by atoms with Crippen LogP contribution >= 0.6 is 0 Å². The molecule has 3 rings (SSSR count). The number of unbranched alkanes of at least 4 members (excludes halogenated alkanes) is 59. The third-order valence-corrected chi connectivity index (χ3v) is 23.9. The molecule has 1 amide bonds. The molecule has 19 heteroatoms. The van der Waals surface area contributed by atoms with Crippen molar-refractivity contribution in [3.63, 3.8) is 0 Å². The normalized spacial score (nSPS) is 24.9. The number of hydrogen-bond donors (Lipinski definition) is 12. The number of ether oxygens (including phenoxy) is 6. The summed E-state index contributed by atoms with van der Waals surface area (Å²) >= 11 is 0. The van der Waals surface area contributed by atoms with Gasteiger partial charge in [-0.15, -0.1) is 0 Å². The van der Waals surface area contributed by atoms with Gasteiger partial charge in [0, 0.05) is 6.42 Å². The van der Waals surface area contributed by atoms with E-state index in [2.05, 4.69) is 43.5 Å². The van der Waals surface area contributed by atoms with Crippen molar-refractivity contribution in [2.24, 2.45) is 0 Å². The zero-order valence-electron chi connectivity index (χ0n) is 72.1. The van der Waals surface area contributed by atoms with Gasteiger partial charge in [0.2, 0.25) is 5.91 Å². The zero-order chi connectivity index (χ0) is 81.7. The van der Waals surface area contributed by atoms with Gasteiger partial charge in [-0.05, 0) is 44.9 Å². The fourth-order valence-corrected chi connectivity index (χ4v) is 16.4. The van der Waals surface area contributed by atoms with E-state index in [-0.39, 0.29) is 18.9 Å². The summed E-state index contributed by atoms with van der Waals surface area (Å²) in [6, 6.07) is -0.997. The highest BCUT2D eigenvalue weighted by Gasteiger charge is 2.54. The summed E-state index contributed by atoms with van der Waals surface area (Å²) < 4.78 is 34.5. The van der Waals surface area contributed by atoms with E-state index in [1.807, 2.05) is 6.08 Å². The fourth-order valence-electron chi connectivity index (χ4n) is 16.4. The van der Waals surface area contributed by atoms with Crippen molar-refractivity contribution < 1.29 is 89.4 Å². The topological polar surface area (TPSA) is 307 Å². The molecule has 0 aromatic heterocycles. The second kappa shape index (κ2) is 73.9. The van der Waals surface area contributed by atoms with Crippen LogP contribution < -0.4 is 5.32 Å². The third kappa shape index (κ3) is 52.1. The quantitative estimate of drug-likeness (QED) is 0.0199. The van der Waals surface area contributed by atoms with E-state index in [9.17, 15) is 61.0 Å². The molecule has 3 saturated heterocycles. The molecule has 113 heavy (non-hydrogen) atoms. The van der Waals surface area contributed by atoms with Crippen molar-refractivity contribution in [2.45, 2.75) is 529 Å². The van der Waals surface area contributed by atoms with Crippen LogP contribution in [0.5, 0.6) is 0 Å². The Morgan fingerprint density at radius 2 is 0.566 bits per heavy atom. The van der Waals surface area contributed by atoms with Crippen LogP contribution in [0.3, 0.4) is 0 Å². The number of carbonyl (C=O) groups excluding carboxylic acids is 1. The van der Waals surface area contributed by atoms with Crippen LogP contribution in [0.2, 0.25) is 0 Å². The highest BCUT2D eigenvalue weighted by atomic mass is 16.8. The lowest BCUT2D eigenvalue weighted by Gasteiger charge is -2.48. The van der Waals surface area contributed by atoms with E-state index < -0.39 is 124 Å². The first-order valence-electron chi connectivity index (χ1n) is 47.7. The average Bonchev–Trinajstić information content (AvgIpc) is 0.777. The van der Waals surface area contributed by atoms with Gasteiger partial charge in [-0.1, -0.05) is 410 Å². The lowest BCUT2D eigenvalue weighted by atomic mass is 9.96. The Balaban J connectivity index is 1.32. The minimum Gasteiger partial charge on any atom is -0.394 e. The fraction of sp³-hybridized carbons (Fsp3) is 0.926. The Morgan fingerprint density at radius 3 is 0.885 bits per heavy atom. The lowest BCUT2D eigenvalue weighted by Crippen LogP contribution is -2.66. The highest BCUT2D eigenvalue weighted by molar-refractivity contribution is 5.76. The summed E-state index contributed by atoms with van der Waals surface area (Å²) in [6.07, 6.45) is 69.0. The first kappa shape index (κ1) is 105. The van der Waals surface area contributed by atoms with E-state index >= 15 is 0 Å². The molecule has 17 atom stereocenters.